The van der Waals surface area contributed by atoms with Gasteiger partial charge in [0, 0.05) is 35.9 Å². The van der Waals surface area contributed by atoms with E-state index in [1.54, 1.807) is 0 Å². The molecule has 0 spiro atoms. The van der Waals surface area contributed by atoms with E-state index in [1.165, 1.54) is 5.69 Å². The van der Waals surface area contributed by atoms with Crippen molar-refractivity contribution in [1.29, 1.82) is 0 Å². The summed E-state index contributed by atoms with van der Waals surface area (Å²) < 4.78 is 0. The summed E-state index contributed by atoms with van der Waals surface area (Å²) in [5, 5.41) is 4.58. The van der Waals surface area contributed by atoms with Crippen molar-refractivity contribution < 1.29 is 0 Å². The third-order valence-electron chi connectivity index (χ3n) is 4.42. The van der Waals surface area contributed by atoms with Crippen LogP contribution in [0.15, 0.2) is 18.2 Å². The van der Waals surface area contributed by atoms with Gasteiger partial charge in [-0.25, -0.2) is 0 Å². The number of halogens is 1. The first-order valence-electron chi connectivity index (χ1n) is 7.59. The highest BCUT2D eigenvalue weighted by Crippen LogP contribution is 2.30. The Balaban J connectivity index is 2.27. The van der Waals surface area contributed by atoms with Crippen molar-refractivity contribution in [3.63, 3.8) is 0 Å². The molecule has 20 heavy (non-hydrogen) atoms. The fourth-order valence-corrected chi connectivity index (χ4v) is 3.00. The van der Waals surface area contributed by atoms with Crippen LogP contribution in [0.25, 0.3) is 0 Å². The smallest absolute Gasteiger partial charge is 0.0455 e. The highest BCUT2D eigenvalue weighted by atomic mass is 35.5. The fourth-order valence-electron chi connectivity index (χ4n) is 2.82. The van der Waals surface area contributed by atoms with Crippen LogP contribution in [0.4, 0.5) is 5.69 Å². The van der Waals surface area contributed by atoms with Gasteiger partial charge in [0.2, 0.25) is 0 Å². The average molecular weight is 295 g/mol. The molecule has 112 valence electrons. The van der Waals surface area contributed by atoms with E-state index in [9.17, 15) is 0 Å². The van der Waals surface area contributed by atoms with Gasteiger partial charge in [-0.1, -0.05) is 45.4 Å². The molecule has 0 bridgehead atoms. The van der Waals surface area contributed by atoms with E-state index >= 15 is 0 Å². The van der Waals surface area contributed by atoms with Gasteiger partial charge in [-0.05, 0) is 36.5 Å². The minimum atomic E-state index is 0.269. The lowest BCUT2D eigenvalue weighted by Gasteiger charge is -2.46. The Kier molecular flexibility index (Phi) is 4.66. The summed E-state index contributed by atoms with van der Waals surface area (Å²) in [6.07, 6.45) is 1.15. The Labute approximate surface area is 128 Å². The number of aryl methyl sites for hydroxylation is 1. The largest absolute Gasteiger partial charge is 0.366 e. The van der Waals surface area contributed by atoms with Gasteiger partial charge in [-0.3, -0.25) is 0 Å². The van der Waals surface area contributed by atoms with Gasteiger partial charge in [0.15, 0.2) is 0 Å². The second-order valence-corrected chi connectivity index (χ2v) is 7.38. The van der Waals surface area contributed by atoms with E-state index in [2.05, 4.69) is 63.0 Å². The van der Waals surface area contributed by atoms with E-state index < -0.39 is 0 Å². The van der Waals surface area contributed by atoms with Crippen LogP contribution >= 0.6 is 11.6 Å². The summed E-state index contributed by atoms with van der Waals surface area (Å²) in [7, 11) is 0. The number of rotatable bonds is 2. The topological polar surface area (TPSA) is 15.3 Å². The lowest BCUT2D eigenvalue weighted by atomic mass is 9.84. The highest BCUT2D eigenvalue weighted by molar-refractivity contribution is 6.31. The van der Waals surface area contributed by atoms with Crippen LogP contribution < -0.4 is 10.2 Å². The summed E-state index contributed by atoms with van der Waals surface area (Å²) in [5.74, 6) is 0. The van der Waals surface area contributed by atoms with Crippen LogP contribution in [-0.2, 0) is 0 Å². The molecule has 1 aliphatic heterocycles. The molecule has 1 N–H and O–H groups in total. The van der Waals surface area contributed by atoms with E-state index in [-0.39, 0.29) is 5.41 Å². The van der Waals surface area contributed by atoms with Crippen molar-refractivity contribution >= 4 is 17.3 Å². The van der Waals surface area contributed by atoms with Gasteiger partial charge < -0.3 is 10.2 Å². The van der Waals surface area contributed by atoms with Crippen molar-refractivity contribution in [2.75, 3.05) is 18.0 Å². The van der Waals surface area contributed by atoms with E-state index in [4.69, 9.17) is 11.6 Å². The van der Waals surface area contributed by atoms with Crippen LogP contribution in [0.2, 0.25) is 5.02 Å². The molecule has 0 saturated carbocycles. The summed E-state index contributed by atoms with van der Waals surface area (Å²) in [5.41, 5.74) is 2.67. The SMILES string of the molecule is CCC1CNC(C(C)(C)C)CN1c1ccc(C)c(Cl)c1. The Morgan fingerprint density at radius 3 is 2.60 bits per heavy atom. The quantitative estimate of drug-likeness (QED) is 0.877. The van der Waals surface area contributed by atoms with E-state index in [0.717, 1.165) is 30.1 Å². The number of benzene rings is 1. The molecule has 1 saturated heterocycles. The highest BCUT2D eigenvalue weighted by Gasteiger charge is 2.33. The Morgan fingerprint density at radius 1 is 1.35 bits per heavy atom. The molecule has 0 amide bonds. The molecule has 1 fully saturated rings. The van der Waals surface area contributed by atoms with Gasteiger partial charge in [-0.15, -0.1) is 0 Å². The first-order chi connectivity index (χ1) is 9.32. The summed E-state index contributed by atoms with van der Waals surface area (Å²) in [6, 6.07) is 7.50. The normalized spacial score (nSPS) is 24.0. The number of nitrogens with zero attached hydrogens (tertiary/aromatic N) is 1. The van der Waals surface area contributed by atoms with Crippen molar-refractivity contribution in [1.82, 2.24) is 5.32 Å². The molecular weight excluding hydrogens is 268 g/mol. The number of hydrogen-bond acceptors (Lipinski definition) is 2. The van der Waals surface area contributed by atoms with Gasteiger partial charge in [0.1, 0.15) is 0 Å². The first kappa shape index (κ1) is 15.7. The third-order valence-corrected chi connectivity index (χ3v) is 4.83. The molecule has 0 aromatic heterocycles. The maximum absolute atomic E-state index is 6.31. The van der Waals surface area contributed by atoms with E-state index in [0.29, 0.717) is 12.1 Å². The predicted molar refractivity (Wildman–Crippen MR) is 88.9 cm³/mol. The molecular formula is C17H27ClN2. The predicted octanol–water partition coefficient (Wildman–Crippen LogP) is 4.25. The molecule has 0 aliphatic carbocycles. The Morgan fingerprint density at radius 2 is 2.05 bits per heavy atom. The molecule has 1 aromatic rings. The number of hydrogen-bond donors (Lipinski definition) is 1. The van der Waals surface area contributed by atoms with Crippen molar-refractivity contribution in [2.24, 2.45) is 5.41 Å². The maximum Gasteiger partial charge on any atom is 0.0455 e. The summed E-state index contributed by atoms with van der Waals surface area (Å²) in [4.78, 5) is 2.53. The molecule has 0 radical (unpaired) electrons. The number of nitrogens with one attached hydrogen (secondary N) is 1. The molecule has 1 heterocycles. The zero-order valence-corrected chi connectivity index (χ0v) is 14.1. The van der Waals surface area contributed by atoms with Crippen LogP contribution in [-0.4, -0.2) is 25.2 Å². The fraction of sp³-hybridized carbons (Fsp3) is 0.647. The molecule has 1 aromatic carbocycles. The lowest BCUT2D eigenvalue weighted by molar-refractivity contribution is 0.233. The molecule has 2 unspecified atom stereocenters. The second-order valence-electron chi connectivity index (χ2n) is 6.97. The van der Waals surface area contributed by atoms with Gasteiger partial charge in [0.25, 0.3) is 0 Å². The first-order valence-corrected chi connectivity index (χ1v) is 7.97. The van der Waals surface area contributed by atoms with Crippen LogP contribution in [0.1, 0.15) is 39.7 Å². The minimum Gasteiger partial charge on any atom is -0.366 e. The molecule has 2 atom stereocenters. The van der Waals surface area contributed by atoms with Gasteiger partial charge >= 0.3 is 0 Å². The molecule has 2 rings (SSSR count). The standard InChI is InChI=1S/C17H27ClN2/c1-6-13-10-19-16(17(3,4)5)11-20(13)14-8-7-12(2)15(18)9-14/h7-9,13,16,19H,6,10-11H2,1-5H3. The van der Waals surface area contributed by atoms with Crippen LogP contribution in [0.3, 0.4) is 0 Å². The van der Waals surface area contributed by atoms with Gasteiger partial charge in [-0.2, -0.15) is 0 Å². The lowest BCUT2D eigenvalue weighted by Crippen LogP contribution is -2.60. The number of anilines is 1. The summed E-state index contributed by atoms with van der Waals surface area (Å²) in [6.45, 7) is 13.3. The average Bonchev–Trinajstić information content (AvgIpc) is 2.40. The number of piperazine rings is 1. The Hall–Kier alpha value is -0.730. The van der Waals surface area contributed by atoms with Crippen LogP contribution in [0, 0.1) is 12.3 Å². The molecule has 2 nitrogen and oxygen atoms in total. The van der Waals surface area contributed by atoms with Crippen LogP contribution in [0.5, 0.6) is 0 Å². The van der Waals surface area contributed by atoms with Crippen molar-refractivity contribution in [2.45, 2.75) is 53.1 Å². The van der Waals surface area contributed by atoms with E-state index in [1.807, 2.05) is 0 Å². The molecule has 1 aliphatic rings. The summed E-state index contributed by atoms with van der Waals surface area (Å²) >= 11 is 6.31. The second kappa shape index (κ2) is 5.95. The monoisotopic (exact) mass is 294 g/mol. The molecule has 3 heteroatoms. The third kappa shape index (κ3) is 3.29. The minimum absolute atomic E-state index is 0.269. The maximum atomic E-state index is 6.31. The van der Waals surface area contributed by atoms with Crippen molar-refractivity contribution in [3.05, 3.63) is 28.8 Å². The zero-order valence-electron chi connectivity index (χ0n) is 13.3. The van der Waals surface area contributed by atoms with Crippen molar-refractivity contribution in [3.8, 4) is 0 Å². The zero-order chi connectivity index (χ0) is 14.9. The van der Waals surface area contributed by atoms with Gasteiger partial charge in [0.05, 0.1) is 0 Å². The Bertz CT molecular complexity index is 465.